The lowest BCUT2D eigenvalue weighted by Crippen LogP contribution is -2.27. The second-order valence-electron chi connectivity index (χ2n) is 2.94. The van der Waals surface area contributed by atoms with Crippen molar-refractivity contribution in [3.8, 4) is 5.75 Å². The van der Waals surface area contributed by atoms with Gasteiger partial charge in [-0.1, -0.05) is 6.08 Å². The van der Waals surface area contributed by atoms with Crippen LogP contribution in [0.1, 0.15) is 23.8 Å². The number of hydrogen-bond acceptors (Lipinski definition) is 4. The Kier molecular flexibility index (Phi) is 4.65. The molecule has 0 fully saturated rings. The van der Waals surface area contributed by atoms with Gasteiger partial charge < -0.3 is 4.74 Å². The summed E-state index contributed by atoms with van der Waals surface area (Å²) < 4.78 is 5.24. The van der Waals surface area contributed by atoms with Gasteiger partial charge in [-0.3, -0.25) is 11.3 Å². The van der Waals surface area contributed by atoms with Crippen LogP contribution in [-0.4, -0.2) is 7.11 Å². The van der Waals surface area contributed by atoms with Crippen molar-refractivity contribution in [2.75, 3.05) is 7.11 Å². The highest BCUT2D eigenvalue weighted by Gasteiger charge is 2.15. The van der Waals surface area contributed by atoms with Crippen molar-refractivity contribution in [1.82, 2.24) is 5.43 Å². The maximum atomic E-state index is 5.50. The Labute approximate surface area is 88.5 Å². The zero-order chi connectivity index (χ0) is 10.4. The van der Waals surface area contributed by atoms with Crippen molar-refractivity contribution in [2.24, 2.45) is 5.84 Å². The summed E-state index contributed by atoms with van der Waals surface area (Å²) >= 11 is 1.66. The molecule has 0 radical (unpaired) electrons. The predicted molar refractivity (Wildman–Crippen MR) is 60.4 cm³/mol. The van der Waals surface area contributed by atoms with E-state index in [-0.39, 0.29) is 6.04 Å². The Hall–Kier alpha value is -0.840. The van der Waals surface area contributed by atoms with Crippen LogP contribution < -0.4 is 16.0 Å². The Morgan fingerprint density at radius 3 is 3.14 bits per heavy atom. The van der Waals surface area contributed by atoms with Gasteiger partial charge in [-0.2, -0.15) is 0 Å². The van der Waals surface area contributed by atoms with Crippen LogP contribution in [0.25, 0.3) is 0 Å². The van der Waals surface area contributed by atoms with E-state index in [1.54, 1.807) is 18.4 Å². The lowest BCUT2D eigenvalue weighted by Gasteiger charge is -2.14. The van der Waals surface area contributed by atoms with Crippen LogP contribution in [0.3, 0.4) is 0 Å². The molecule has 0 aliphatic carbocycles. The Morgan fingerprint density at radius 1 is 1.79 bits per heavy atom. The highest BCUT2D eigenvalue weighted by Crippen LogP contribution is 2.32. The van der Waals surface area contributed by atoms with Gasteiger partial charge in [-0.05, 0) is 24.3 Å². The molecule has 0 aliphatic heterocycles. The number of methoxy groups -OCH3 is 1. The van der Waals surface area contributed by atoms with Crippen LogP contribution in [0, 0.1) is 0 Å². The fourth-order valence-corrected chi connectivity index (χ4v) is 2.26. The largest absolute Gasteiger partial charge is 0.496 e. The quantitative estimate of drug-likeness (QED) is 0.432. The van der Waals surface area contributed by atoms with Crippen LogP contribution in [0.15, 0.2) is 24.1 Å². The molecule has 0 saturated heterocycles. The summed E-state index contributed by atoms with van der Waals surface area (Å²) in [7, 11) is 1.67. The molecular formula is C10H16N2OS. The molecule has 0 aromatic carbocycles. The van der Waals surface area contributed by atoms with Gasteiger partial charge in [-0.25, -0.2) is 0 Å². The number of nitrogens with two attached hydrogens (primary N) is 1. The van der Waals surface area contributed by atoms with E-state index in [4.69, 9.17) is 10.6 Å². The fraction of sp³-hybridized carbons (Fsp3) is 0.400. The number of ether oxygens (including phenoxy) is 1. The first kappa shape index (κ1) is 11.2. The maximum Gasteiger partial charge on any atom is 0.134 e. The first-order valence-corrected chi connectivity index (χ1v) is 5.39. The van der Waals surface area contributed by atoms with Crippen molar-refractivity contribution >= 4 is 11.3 Å². The lowest BCUT2D eigenvalue weighted by atomic mass is 10.1. The summed E-state index contributed by atoms with van der Waals surface area (Å²) in [4.78, 5) is 1.15. The molecule has 1 aromatic rings. The Balaban J connectivity index is 2.72. The van der Waals surface area contributed by atoms with Gasteiger partial charge in [0.25, 0.3) is 0 Å². The predicted octanol–water partition coefficient (Wildman–Crippen LogP) is 2.23. The van der Waals surface area contributed by atoms with Gasteiger partial charge in [0, 0.05) is 0 Å². The number of hydrogen-bond donors (Lipinski definition) is 2. The smallest absolute Gasteiger partial charge is 0.134 e. The van der Waals surface area contributed by atoms with Crippen molar-refractivity contribution in [3.05, 3.63) is 29.0 Å². The Bertz CT molecular complexity index is 285. The zero-order valence-corrected chi connectivity index (χ0v) is 9.14. The summed E-state index contributed by atoms with van der Waals surface area (Å²) in [6.45, 7) is 3.69. The molecule has 0 bridgehead atoms. The molecular weight excluding hydrogens is 196 g/mol. The molecule has 1 aromatic heterocycles. The number of thiophene rings is 1. The number of nitrogens with one attached hydrogen (secondary N) is 1. The van der Waals surface area contributed by atoms with Gasteiger partial charge in [0.15, 0.2) is 0 Å². The average Bonchev–Trinajstić information content (AvgIpc) is 2.67. The van der Waals surface area contributed by atoms with E-state index in [1.165, 1.54) is 0 Å². The second kappa shape index (κ2) is 5.80. The molecule has 0 spiro atoms. The molecule has 3 N–H and O–H groups in total. The minimum absolute atomic E-state index is 0.156. The van der Waals surface area contributed by atoms with E-state index in [1.807, 2.05) is 17.5 Å². The topological polar surface area (TPSA) is 47.3 Å². The van der Waals surface area contributed by atoms with E-state index in [0.717, 1.165) is 23.5 Å². The maximum absolute atomic E-state index is 5.50. The number of rotatable bonds is 6. The second-order valence-corrected chi connectivity index (χ2v) is 3.89. The Morgan fingerprint density at radius 2 is 2.57 bits per heavy atom. The standard InChI is InChI=1S/C10H16N2OS/c1-3-4-5-8(12-11)10-9(13-2)6-7-14-10/h3,6-8,12H,1,4-5,11H2,2H3. The molecule has 0 amide bonds. The van der Waals surface area contributed by atoms with E-state index >= 15 is 0 Å². The summed E-state index contributed by atoms with van der Waals surface area (Å²) in [5, 5.41) is 2.01. The average molecular weight is 212 g/mol. The molecule has 14 heavy (non-hydrogen) atoms. The molecule has 1 unspecified atom stereocenters. The zero-order valence-electron chi connectivity index (χ0n) is 8.32. The summed E-state index contributed by atoms with van der Waals surface area (Å²) in [6, 6.07) is 2.11. The van der Waals surface area contributed by atoms with E-state index in [2.05, 4.69) is 12.0 Å². The third kappa shape index (κ3) is 2.57. The monoisotopic (exact) mass is 212 g/mol. The third-order valence-corrected chi connectivity index (χ3v) is 3.07. The molecule has 1 heterocycles. The van der Waals surface area contributed by atoms with Gasteiger partial charge in [0.1, 0.15) is 5.75 Å². The number of allylic oxidation sites excluding steroid dienone is 1. The highest BCUT2D eigenvalue weighted by molar-refractivity contribution is 7.10. The fourth-order valence-electron chi connectivity index (χ4n) is 1.31. The SMILES string of the molecule is C=CCCC(NN)c1sccc1OC. The van der Waals surface area contributed by atoms with Crippen LogP contribution in [0.2, 0.25) is 0 Å². The van der Waals surface area contributed by atoms with E-state index in [0.29, 0.717) is 0 Å². The van der Waals surface area contributed by atoms with Gasteiger partial charge in [-0.15, -0.1) is 17.9 Å². The third-order valence-electron chi connectivity index (χ3n) is 2.05. The molecule has 78 valence electrons. The minimum atomic E-state index is 0.156. The molecule has 1 rings (SSSR count). The molecule has 0 saturated carbocycles. The molecule has 1 atom stereocenters. The van der Waals surface area contributed by atoms with E-state index in [9.17, 15) is 0 Å². The molecule has 3 nitrogen and oxygen atoms in total. The molecule has 0 aliphatic rings. The first-order valence-electron chi connectivity index (χ1n) is 4.51. The summed E-state index contributed by atoms with van der Waals surface area (Å²) in [5.74, 6) is 6.40. The van der Waals surface area contributed by atoms with Crippen molar-refractivity contribution in [3.63, 3.8) is 0 Å². The summed E-state index contributed by atoms with van der Waals surface area (Å²) in [5.41, 5.74) is 2.80. The number of hydrazine groups is 1. The van der Waals surface area contributed by atoms with Gasteiger partial charge in [0.05, 0.1) is 18.0 Å². The lowest BCUT2D eigenvalue weighted by molar-refractivity contribution is 0.401. The van der Waals surface area contributed by atoms with Gasteiger partial charge in [0.2, 0.25) is 0 Å². The van der Waals surface area contributed by atoms with Crippen molar-refractivity contribution < 1.29 is 4.74 Å². The molecule has 4 heteroatoms. The van der Waals surface area contributed by atoms with Gasteiger partial charge >= 0.3 is 0 Å². The van der Waals surface area contributed by atoms with E-state index < -0.39 is 0 Å². The van der Waals surface area contributed by atoms with Crippen LogP contribution in [0.5, 0.6) is 5.75 Å². The first-order chi connectivity index (χ1) is 6.83. The van der Waals surface area contributed by atoms with Crippen LogP contribution >= 0.6 is 11.3 Å². The van der Waals surface area contributed by atoms with Crippen LogP contribution in [0.4, 0.5) is 0 Å². The highest BCUT2D eigenvalue weighted by atomic mass is 32.1. The van der Waals surface area contributed by atoms with Crippen molar-refractivity contribution in [1.29, 1.82) is 0 Å². The summed E-state index contributed by atoms with van der Waals surface area (Å²) in [6.07, 6.45) is 3.78. The minimum Gasteiger partial charge on any atom is -0.496 e. The normalized spacial score (nSPS) is 12.4. The van der Waals surface area contributed by atoms with Crippen molar-refractivity contribution in [2.45, 2.75) is 18.9 Å². The van der Waals surface area contributed by atoms with Crippen LogP contribution in [-0.2, 0) is 0 Å².